The Kier molecular flexibility index (Phi) is 5.52. The lowest BCUT2D eigenvalue weighted by Crippen LogP contribution is -2.38. The minimum absolute atomic E-state index is 0.0191. The highest BCUT2D eigenvalue weighted by Gasteiger charge is 2.41. The number of hydrogen-bond donors (Lipinski definition) is 0. The van der Waals surface area contributed by atoms with Crippen molar-refractivity contribution in [2.24, 2.45) is 0 Å². The van der Waals surface area contributed by atoms with Gasteiger partial charge in [0.05, 0.1) is 16.0 Å². The molecule has 0 bridgehead atoms. The van der Waals surface area contributed by atoms with Crippen molar-refractivity contribution in [1.82, 2.24) is 9.21 Å². The van der Waals surface area contributed by atoms with Gasteiger partial charge >= 0.3 is 5.97 Å². The number of rotatable bonds is 5. The van der Waals surface area contributed by atoms with Crippen LogP contribution < -0.4 is 0 Å². The van der Waals surface area contributed by atoms with E-state index < -0.39 is 40.1 Å². The highest BCUT2D eigenvalue weighted by molar-refractivity contribution is 7.89. The van der Waals surface area contributed by atoms with E-state index in [4.69, 9.17) is 4.74 Å². The average molecular weight is 503 g/mol. The molecule has 5 rings (SSSR count). The summed E-state index contributed by atoms with van der Waals surface area (Å²) in [4.78, 5) is 52.4. The van der Waals surface area contributed by atoms with Crippen molar-refractivity contribution < 1.29 is 32.3 Å². The molecule has 0 radical (unpaired) electrons. The summed E-state index contributed by atoms with van der Waals surface area (Å²) in [6.07, 6.45) is 0. The molecule has 9 nitrogen and oxygen atoms in total. The van der Waals surface area contributed by atoms with Gasteiger partial charge in [-0.2, -0.15) is 0 Å². The fourth-order valence-corrected chi connectivity index (χ4v) is 5.54. The van der Waals surface area contributed by atoms with Crippen molar-refractivity contribution in [2.75, 3.05) is 13.6 Å². The second kappa shape index (κ2) is 8.58. The second-order valence-corrected chi connectivity index (χ2v) is 10.00. The monoisotopic (exact) mass is 502 g/mol. The minimum Gasteiger partial charge on any atom is -0.422 e. The number of Topliss-reactive ketones (excluding diaryl/α,β-unsaturated/α-hetero) is 1. The third kappa shape index (κ3) is 3.59. The molecule has 0 aromatic heterocycles. The zero-order valence-electron chi connectivity index (χ0n) is 18.9. The first-order chi connectivity index (χ1) is 17.2. The number of sulfonamides is 1. The number of amides is 2. The number of benzene rings is 3. The van der Waals surface area contributed by atoms with Gasteiger partial charge in [0.1, 0.15) is 12.2 Å². The van der Waals surface area contributed by atoms with Crippen LogP contribution in [0.3, 0.4) is 0 Å². The zero-order chi connectivity index (χ0) is 25.6. The van der Waals surface area contributed by atoms with E-state index in [9.17, 15) is 27.6 Å². The van der Waals surface area contributed by atoms with Crippen molar-refractivity contribution >= 4 is 39.3 Å². The predicted octanol–water partition coefficient (Wildman–Crippen LogP) is 2.71. The molecule has 0 fully saturated rings. The third-order valence-corrected chi connectivity index (χ3v) is 7.75. The quantitative estimate of drug-likeness (QED) is 0.299. The number of nitrogens with zero attached hydrogens (tertiary/aromatic N) is 2. The first kappa shape index (κ1) is 23.2. The van der Waals surface area contributed by atoms with Crippen LogP contribution in [-0.4, -0.2) is 54.8 Å². The number of fused-ring (bicyclic) bond motifs is 2. The van der Waals surface area contributed by atoms with Gasteiger partial charge in [-0.1, -0.05) is 54.6 Å². The van der Waals surface area contributed by atoms with Crippen LogP contribution in [0.4, 0.5) is 0 Å². The fourth-order valence-electron chi connectivity index (χ4n) is 4.15. The smallest absolute Gasteiger partial charge is 0.331 e. The molecule has 3 aromatic carbocycles. The van der Waals surface area contributed by atoms with E-state index in [1.165, 1.54) is 49.5 Å². The maximum atomic E-state index is 13.4. The maximum Gasteiger partial charge on any atom is 0.331 e. The first-order valence-electron chi connectivity index (χ1n) is 10.8. The number of allylic oxidation sites excluding steroid dienone is 1. The Hall–Kier alpha value is -4.57. The molecule has 0 saturated heterocycles. The van der Waals surface area contributed by atoms with Gasteiger partial charge in [0.15, 0.2) is 5.76 Å². The first-order valence-corrected chi connectivity index (χ1v) is 12.2. The van der Waals surface area contributed by atoms with Gasteiger partial charge in [0.25, 0.3) is 21.8 Å². The van der Waals surface area contributed by atoms with Crippen LogP contribution in [-0.2, 0) is 19.6 Å². The van der Waals surface area contributed by atoms with Gasteiger partial charge in [0.2, 0.25) is 5.78 Å². The van der Waals surface area contributed by atoms with Crippen molar-refractivity contribution in [3.63, 3.8) is 0 Å². The molecule has 0 aliphatic carbocycles. The molecule has 2 heterocycles. The van der Waals surface area contributed by atoms with E-state index in [0.717, 1.165) is 9.21 Å². The van der Waals surface area contributed by atoms with Crippen molar-refractivity contribution in [1.29, 1.82) is 0 Å². The summed E-state index contributed by atoms with van der Waals surface area (Å²) in [5, 5.41) is 0. The summed E-state index contributed by atoms with van der Waals surface area (Å²) in [6, 6.07) is 19.9. The second-order valence-electron chi connectivity index (χ2n) is 8.06. The Balaban J connectivity index is 1.56. The Morgan fingerprint density at radius 2 is 1.31 bits per heavy atom. The van der Waals surface area contributed by atoms with Crippen molar-refractivity contribution in [3.8, 4) is 0 Å². The van der Waals surface area contributed by atoms with E-state index in [2.05, 4.69) is 0 Å². The molecule has 0 spiro atoms. The van der Waals surface area contributed by atoms with Crippen LogP contribution in [0.2, 0.25) is 0 Å². The number of ether oxygens (including phenoxy) is 1. The molecule has 2 amide bonds. The molecule has 3 aromatic rings. The van der Waals surface area contributed by atoms with Crippen LogP contribution in [0, 0.1) is 0 Å². The lowest BCUT2D eigenvalue weighted by atomic mass is 10.0. The topological polar surface area (TPSA) is 118 Å². The van der Waals surface area contributed by atoms with Gasteiger partial charge in [0, 0.05) is 18.2 Å². The summed E-state index contributed by atoms with van der Waals surface area (Å²) in [5.41, 5.74) is 0.177. The van der Waals surface area contributed by atoms with Crippen LogP contribution in [0.15, 0.2) is 89.5 Å². The molecule has 0 atom stereocenters. The molecule has 2 aliphatic rings. The Bertz CT molecular complexity index is 1560. The van der Waals surface area contributed by atoms with E-state index in [-0.39, 0.29) is 38.6 Å². The van der Waals surface area contributed by atoms with Crippen LogP contribution in [0.1, 0.15) is 36.6 Å². The number of carbonyl (C=O) groups excluding carboxylic acids is 4. The molecular formula is C26H18N2O7S. The lowest BCUT2D eigenvalue weighted by Gasteiger charge is -2.30. The Labute approximate surface area is 206 Å². The summed E-state index contributed by atoms with van der Waals surface area (Å²) in [7, 11) is -2.93. The van der Waals surface area contributed by atoms with Crippen LogP contribution in [0.5, 0.6) is 0 Å². The van der Waals surface area contributed by atoms with Gasteiger partial charge in [-0.3, -0.25) is 23.6 Å². The number of esters is 1. The van der Waals surface area contributed by atoms with Gasteiger partial charge in [-0.25, -0.2) is 13.2 Å². The van der Waals surface area contributed by atoms with Crippen molar-refractivity contribution in [3.05, 3.63) is 107 Å². The highest BCUT2D eigenvalue weighted by atomic mass is 32.2. The van der Waals surface area contributed by atoms with E-state index in [0.29, 0.717) is 0 Å². The number of ketones is 1. The number of likely N-dealkylation sites (N-methyl/N-ethyl adjacent to an activating group) is 1. The van der Waals surface area contributed by atoms with E-state index >= 15 is 0 Å². The predicted molar refractivity (Wildman–Crippen MR) is 127 cm³/mol. The molecule has 0 N–H and O–H groups in total. The third-order valence-electron chi connectivity index (χ3n) is 5.93. The molecule has 10 heteroatoms. The Morgan fingerprint density at radius 1 is 0.778 bits per heavy atom. The van der Waals surface area contributed by atoms with Crippen molar-refractivity contribution in [2.45, 2.75) is 4.90 Å². The summed E-state index contributed by atoms with van der Waals surface area (Å²) in [6.45, 7) is -0.721. The highest BCUT2D eigenvalue weighted by Crippen LogP contribution is 2.38. The standard InChI is InChI=1S/C26H18N2O7S/c1-27-22(23(30)16-9-3-2-4-10-16)24(19-13-7-8-14-20(19)36(27,33)34)35-21(29)15-28-25(31)17-11-5-6-12-18(17)26(28)32/h2-14H,15H2,1H3. The molecule has 36 heavy (non-hydrogen) atoms. The maximum absolute atomic E-state index is 13.4. The van der Waals surface area contributed by atoms with E-state index in [1.807, 2.05) is 0 Å². The lowest BCUT2D eigenvalue weighted by molar-refractivity contribution is -0.137. The minimum atomic E-state index is -4.12. The van der Waals surface area contributed by atoms with Crippen LogP contribution >= 0.6 is 0 Å². The average Bonchev–Trinajstić information content (AvgIpc) is 3.12. The molecule has 0 unspecified atom stereocenters. The normalized spacial score (nSPS) is 16.0. The molecular weight excluding hydrogens is 484 g/mol. The van der Waals surface area contributed by atoms with Gasteiger partial charge < -0.3 is 4.74 Å². The zero-order valence-corrected chi connectivity index (χ0v) is 19.7. The SMILES string of the molecule is CN1C(C(=O)c2ccccc2)=C(OC(=O)CN2C(=O)c3ccccc3C2=O)c2ccccc2S1(=O)=O. The molecule has 2 aliphatic heterocycles. The molecule has 0 saturated carbocycles. The molecule has 180 valence electrons. The summed E-state index contributed by atoms with van der Waals surface area (Å²) < 4.78 is 32.7. The number of imide groups is 1. The number of carbonyl (C=O) groups is 4. The summed E-state index contributed by atoms with van der Waals surface area (Å²) in [5.74, 6) is -3.27. The number of hydrogen-bond acceptors (Lipinski definition) is 7. The summed E-state index contributed by atoms with van der Waals surface area (Å²) >= 11 is 0. The van der Waals surface area contributed by atoms with Crippen LogP contribution in [0.25, 0.3) is 5.76 Å². The van der Waals surface area contributed by atoms with Gasteiger partial charge in [-0.05, 0) is 24.3 Å². The largest absolute Gasteiger partial charge is 0.422 e. The fraction of sp³-hybridized carbons (Fsp3) is 0.0769. The van der Waals surface area contributed by atoms with E-state index in [1.54, 1.807) is 36.4 Å². The van der Waals surface area contributed by atoms with Gasteiger partial charge in [-0.15, -0.1) is 0 Å². The Morgan fingerprint density at radius 3 is 1.92 bits per heavy atom.